The summed E-state index contributed by atoms with van der Waals surface area (Å²) in [7, 11) is 1.88. The Morgan fingerprint density at radius 3 is 3.18 bits per heavy atom. The highest BCUT2D eigenvalue weighted by atomic mass is 35.5. The molecule has 0 aromatic carbocycles. The second-order valence-corrected chi connectivity index (χ2v) is 5.73. The van der Waals surface area contributed by atoms with Gasteiger partial charge in [0.25, 0.3) is 6.20 Å². The molecule has 0 aliphatic carbocycles. The number of thiazole rings is 1. The van der Waals surface area contributed by atoms with Crippen molar-refractivity contribution in [2.24, 2.45) is 5.92 Å². The Hall–Kier alpha value is -1.14. The minimum absolute atomic E-state index is 0.196. The van der Waals surface area contributed by atoms with Crippen LogP contribution in [0.2, 0.25) is 4.47 Å². The van der Waals surface area contributed by atoms with Crippen LogP contribution in [-0.4, -0.2) is 28.4 Å². The number of rotatable bonds is 3. The molecule has 92 valence electrons. The lowest BCUT2D eigenvalue weighted by atomic mass is 10.0. The summed E-state index contributed by atoms with van der Waals surface area (Å²) in [6, 6.07) is 0. The monoisotopic (exact) mass is 273 g/mol. The minimum Gasteiger partial charge on any atom is -0.373 e. The predicted octanol–water partition coefficient (Wildman–Crippen LogP) is 2.41. The summed E-state index contributed by atoms with van der Waals surface area (Å²) in [6.07, 6.45) is 4.56. The molecular weight excluding hydrogens is 262 g/mol. The van der Waals surface area contributed by atoms with Crippen LogP contribution < -0.4 is 0 Å². The number of aromatic nitrogens is 1. The fourth-order valence-electron chi connectivity index (χ4n) is 2.08. The van der Waals surface area contributed by atoms with Gasteiger partial charge in [-0.1, -0.05) is 11.6 Å². The molecular formula is C10H12ClN3O2S. The Balaban J connectivity index is 2.12. The number of likely N-dealkylation sites (tertiary alicyclic amines) is 1. The maximum absolute atomic E-state index is 10.6. The highest BCUT2D eigenvalue weighted by molar-refractivity contribution is 7.15. The van der Waals surface area contributed by atoms with Gasteiger partial charge in [0, 0.05) is 30.6 Å². The molecule has 1 aliphatic rings. The van der Waals surface area contributed by atoms with Crippen molar-refractivity contribution in [2.45, 2.75) is 12.8 Å². The largest absolute Gasteiger partial charge is 0.373 e. The first-order valence-electron chi connectivity index (χ1n) is 5.23. The van der Waals surface area contributed by atoms with Crippen molar-refractivity contribution in [3.8, 4) is 0 Å². The van der Waals surface area contributed by atoms with Gasteiger partial charge < -0.3 is 4.90 Å². The molecule has 0 radical (unpaired) electrons. The van der Waals surface area contributed by atoms with Gasteiger partial charge in [0.15, 0.2) is 4.47 Å². The third-order valence-electron chi connectivity index (χ3n) is 2.88. The average molecular weight is 274 g/mol. The first kappa shape index (κ1) is 12.3. The number of allylic oxidation sites excluding steroid dienone is 1. The van der Waals surface area contributed by atoms with Crippen LogP contribution in [0.3, 0.4) is 0 Å². The summed E-state index contributed by atoms with van der Waals surface area (Å²) in [5, 5.41) is 10.6. The molecule has 1 aliphatic heterocycles. The Morgan fingerprint density at radius 2 is 2.59 bits per heavy atom. The van der Waals surface area contributed by atoms with Crippen LogP contribution in [-0.2, 0) is 6.42 Å². The van der Waals surface area contributed by atoms with E-state index in [-0.39, 0.29) is 10.8 Å². The molecule has 0 saturated carbocycles. The molecule has 0 N–H and O–H groups in total. The summed E-state index contributed by atoms with van der Waals surface area (Å²) in [5.74, 6) is 0.196. The van der Waals surface area contributed by atoms with Crippen molar-refractivity contribution < 1.29 is 4.92 Å². The number of nitro groups is 1. The zero-order valence-electron chi connectivity index (χ0n) is 9.30. The molecule has 0 bridgehead atoms. The molecule has 1 aromatic heterocycles. The molecule has 17 heavy (non-hydrogen) atoms. The summed E-state index contributed by atoms with van der Waals surface area (Å²) >= 11 is 7.20. The third kappa shape index (κ3) is 2.95. The number of halogens is 1. The van der Waals surface area contributed by atoms with E-state index in [0.29, 0.717) is 4.47 Å². The Labute approximate surface area is 108 Å². The topological polar surface area (TPSA) is 59.3 Å². The maximum Gasteiger partial charge on any atom is 0.253 e. The van der Waals surface area contributed by atoms with Crippen molar-refractivity contribution in [2.75, 3.05) is 13.6 Å². The van der Waals surface area contributed by atoms with E-state index in [1.165, 1.54) is 11.3 Å². The minimum atomic E-state index is -0.385. The van der Waals surface area contributed by atoms with Crippen molar-refractivity contribution >= 4 is 22.9 Å². The van der Waals surface area contributed by atoms with Gasteiger partial charge in [0.2, 0.25) is 0 Å². The molecule has 1 unspecified atom stereocenters. The molecule has 0 amide bonds. The van der Waals surface area contributed by atoms with Crippen LogP contribution >= 0.6 is 22.9 Å². The SMILES string of the molecule is CN1CCC(Cc2cnc(Cl)s2)/C1=C/[N+](=O)[O-]. The molecule has 0 spiro atoms. The Kier molecular flexibility index (Phi) is 3.63. The van der Waals surface area contributed by atoms with Gasteiger partial charge in [-0.25, -0.2) is 4.98 Å². The molecule has 2 rings (SSSR count). The summed E-state index contributed by atoms with van der Waals surface area (Å²) in [5.41, 5.74) is 0.791. The molecule has 7 heteroatoms. The quantitative estimate of drug-likeness (QED) is 0.627. The molecule has 2 heterocycles. The van der Waals surface area contributed by atoms with Crippen LogP contribution in [0.25, 0.3) is 0 Å². The van der Waals surface area contributed by atoms with E-state index in [1.54, 1.807) is 6.20 Å². The number of hydrogen-bond donors (Lipinski definition) is 0. The van der Waals surface area contributed by atoms with Crippen molar-refractivity contribution in [1.82, 2.24) is 9.88 Å². The van der Waals surface area contributed by atoms with Gasteiger partial charge in [-0.05, 0) is 12.8 Å². The number of hydrogen-bond acceptors (Lipinski definition) is 5. The van der Waals surface area contributed by atoms with Gasteiger partial charge in [0.05, 0.1) is 10.6 Å². The first-order chi connectivity index (χ1) is 8.06. The highest BCUT2D eigenvalue weighted by Crippen LogP contribution is 2.31. The van der Waals surface area contributed by atoms with Crippen molar-refractivity contribution in [3.05, 3.63) is 37.6 Å². The molecule has 1 aromatic rings. The Morgan fingerprint density at radius 1 is 1.82 bits per heavy atom. The van der Waals surface area contributed by atoms with Gasteiger partial charge in [-0.3, -0.25) is 10.1 Å². The summed E-state index contributed by atoms with van der Waals surface area (Å²) in [6.45, 7) is 0.858. The zero-order valence-corrected chi connectivity index (χ0v) is 10.9. The summed E-state index contributed by atoms with van der Waals surface area (Å²) in [4.78, 5) is 17.2. The summed E-state index contributed by atoms with van der Waals surface area (Å²) < 4.78 is 0.520. The fourth-order valence-corrected chi connectivity index (χ4v) is 3.14. The maximum atomic E-state index is 10.6. The van der Waals surface area contributed by atoms with E-state index in [4.69, 9.17) is 11.6 Å². The predicted molar refractivity (Wildman–Crippen MR) is 66.6 cm³/mol. The molecule has 5 nitrogen and oxygen atoms in total. The average Bonchev–Trinajstić information content (AvgIpc) is 2.78. The second kappa shape index (κ2) is 5.01. The van der Waals surface area contributed by atoms with Gasteiger partial charge >= 0.3 is 0 Å². The first-order valence-corrected chi connectivity index (χ1v) is 6.42. The lowest BCUT2D eigenvalue weighted by Crippen LogP contribution is -2.14. The van der Waals surface area contributed by atoms with Gasteiger partial charge in [-0.15, -0.1) is 11.3 Å². The van der Waals surface area contributed by atoms with E-state index < -0.39 is 0 Å². The van der Waals surface area contributed by atoms with Crippen LogP contribution in [0.5, 0.6) is 0 Å². The zero-order chi connectivity index (χ0) is 12.4. The van der Waals surface area contributed by atoms with Gasteiger partial charge in [-0.2, -0.15) is 0 Å². The standard InChI is InChI=1S/C10H12ClN3O2S/c1-13-3-2-7(9(13)6-14(15)16)4-8-5-12-10(11)17-8/h5-7H,2-4H2,1H3/b9-6-. The molecule has 1 fully saturated rings. The van der Waals surface area contributed by atoms with Crippen LogP contribution in [0.1, 0.15) is 11.3 Å². The fraction of sp³-hybridized carbons (Fsp3) is 0.500. The van der Waals surface area contributed by atoms with E-state index in [1.807, 2.05) is 11.9 Å². The smallest absolute Gasteiger partial charge is 0.253 e. The second-order valence-electron chi connectivity index (χ2n) is 4.03. The van der Waals surface area contributed by atoms with E-state index >= 15 is 0 Å². The number of nitrogens with zero attached hydrogens (tertiary/aromatic N) is 3. The van der Waals surface area contributed by atoms with E-state index in [2.05, 4.69) is 4.98 Å². The normalized spacial score (nSPS) is 22.4. The van der Waals surface area contributed by atoms with E-state index in [9.17, 15) is 10.1 Å². The van der Waals surface area contributed by atoms with Crippen molar-refractivity contribution in [1.29, 1.82) is 0 Å². The molecule has 1 saturated heterocycles. The van der Waals surface area contributed by atoms with Crippen molar-refractivity contribution in [3.63, 3.8) is 0 Å². The van der Waals surface area contributed by atoms with Crippen LogP contribution in [0, 0.1) is 16.0 Å². The lowest BCUT2D eigenvalue weighted by Gasteiger charge is -2.13. The van der Waals surface area contributed by atoms with Crippen LogP contribution in [0.4, 0.5) is 0 Å². The Bertz CT molecular complexity index is 460. The highest BCUT2D eigenvalue weighted by Gasteiger charge is 2.28. The van der Waals surface area contributed by atoms with E-state index in [0.717, 1.165) is 36.2 Å². The van der Waals surface area contributed by atoms with Crippen LogP contribution in [0.15, 0.2) is 18.1 Å². The third-order valence-corrected chi connectivity index (χ3v) is 4.02. The van der Waals surface area contributed by atoms with Gasteiger partial charge in [0.1, 0.15) is 0 Å². The molecule has 1 atom stereocenters. The lowest BCUT2D eigenvalue weighted by molar-refractivity contribution is -0.404.